The van der Waals surface area contributed by atoms with E-state index in [0.29, 0.717) is 5.54 Å². The van der Waals surface area contributed by atoms with Crippen LogP contribution in [0.1, 0.15) is 33.1 Å². The molecule has 1 saturated heterocycles. The van der Waals surface area contributed by atoms with Crippen molar-refractivity contribution in [3.63, 3.8) is 0 Å². The minimum Gasteiger partial charge on any atom is -0.309 e. The fourth-order valence-corrected chi connectivity index (χ4v) is 3.23. The molecule has 1 N–H and O–H groups in total. The molecular weight excluding hydrogens is 184 g/mol. The van der Waals surface area contributed by atoms with E-state index < -0.39 is 0 Å². The molecule has 15 heavy (non-hydrogen) atoms. The molecular formula is C13H24N2. The molecule has 2 saturated carbocycles. The lowest BCUT2D eigenvalue weighted by atomic mass is 9.93. The number of nitrogens with zero attached hydrogens (tertiary/aromatic N) is 1. The molecule has 2 heteroatoms. The molecule has 2 aliphatic carbocycles. The average molecular weight is 208 g/mol. The van der Waals surface area contributed by atoms with Gasteiger partial charge in [0.25, 0.3) is 0 Å². The molecule has 3 atom stereocenters. The van der Waals surface area contributed by atoms with E-state index in [9.17, 15) is 0 Å². The zero-order chi connectivity index (χ0) is 10.5. The van der Waals surface area contributed by atoms with Crippen LogP contribution in [-0.4, -0.2) is 36.6 Å². The lowest BCUT2D eigenvalue weighted by Gasteiger charge is -2.42. The predicted octanol–water partition coefficient (Wildman–Crippen LogP) is 1.72. The van der Waals surface area contributed by atoms with Gasteiger partial charge in [-0.3, -0.25) is 4.90 Å². The van der Waals surface area contributed by atoms with Gasteiger partial charge in [-0.15, -0.1) is 0 Å². The van der Waals surface area contributed by atoms with Gasteiger partial charge in [-0.05, 0) is 43.9 Å². The molecule has 0 spiro atoms. The summed E-state index contributed by atoms with van der Waals surface area (Å²) >= 11 is 0. The van der Waals surface area contributed by atoms with Gasteiger partial charge in [0.05, 0.1) is 0 Å². The topological polar surface area (TPSA) is 15.3 Å². The van der Waals surface area contributed by atoms with Gasteiger partial charge >= 0.3 is 0 Å². The molecule has 0 aromatic heterocycles. The Labute approximate surface area is 93.4 Å². The Hall–Kier alpha value is -0.0800. The summed E-state index contributed by atoms with van der Waals surface area (Å²) < 4.78 is 0. The fraction of sp³-hybridized carbons (Fsp3) is 1.00. The van der Waals surface area contributed by atoms with Crippen LogP contribution in [0.15, 0.2) is 0 Å². The zero-order valence-corrected chi connectivity index (χ0v) is 10.1. The molecule has 0 aromatic carbocycles. The zero-order valence-electron chi connectivity index (χ0n) is 10.1. The Morgan fingerprint density at radius 1 is 1.40 bits per heavy atom. The molecule has 0 amide bonds. The van der Waals surface area contributed by atoms with E-state index in [1.807, 2.05) is 0 Å². The first-order chi connectivity index (χ1) is 7.17. The van der Waals surface area contributed by atoms with Gasteiger partial charge in [0.15, 0.2) is 0 Å². The molecule has 3 unspecified atom stereocenters. The highest BCUT2D eigenvalue weighted by Crippen LogP contribution is 2.42. The normalized spacial score (nSPS) is 46.8. The van der Waals surface area contributed by atoms with Crippen molar-refractivity contribution >= 4 is 0 Å². The number of hydrogen-bond acceptors (Lipinski definition) is 2. The lowest BCUT2D eigenvalue weighted by Crippen LogP contribution is -2.60. The molecule has 1 heterocycles. The van der Waals surface area contributed by atoms with Crippen LogP contribution in [0, 0.1) is 17.8 Å². The summed E-state index contributed by atoms with van der Waals surface area (Å²) in [6.07, 6.45) is 4.39. The van der Waals surface area contributed by atoms with Gasteiger partial charge < -0.3 is 5.32 Å². The quantitative estimate of drug-likeness (QED) is 0.759. The van der Waals surface area contributed by atoms with Crippen LogP contribution >= 0.6 is 0 Å². The van der Waals surface area contributed by atoms with E-state index in [-0.39, 0.29) is 0 Å². The van der Waals surface area contributed by atoms with Gasteiger partial charge in [0.2, 0.25) is 0 Å². The smallest absolute Gasteiger partial charge is 0.0309 e. The molecule has 0 radical (unpaired) electrons. The minimum atomic E-state index is 0.441. The Morgan fingerprint density at radius 2 is 2.13 bits per heavy atom. The third kappa shape index (κ3) is 2.07. The third-order valence-electron chi connectivity index (χ3n) is 4.76. The molecule has 2 nitrogen and oxygen atoms in total. The summed E-state index contributed by atoms with van der Waals surface area (Å²) in [5, 5.41) is 3.75. The summed E-state index contributed by atoms with van der Waals surface area (Å²) in [7, 11) is 0. The molecule has 1 aliphatic heterocycles. The molecule has 3 rings (SSSR count). The number of hydrogen-bond donors (Lipinski definition) is 1. The average Bonchev–Trinajstić information content (AvgIpc) is 3.03. The van der Waals surface area contributed by atoms with Crippen molar-refractivity contribution in [2.24, 2.45) is 17.8 Å². The number of piperazine rings is 1. The number of nitrogens with one attached hydrogen (secondary N) is 1. The SMILES string of the molecule is CC1CC1CN1CCNC(C)(C2CC2)C1. The van der Waals surface area contributed by atoms with Gasteiger partial charge in [0.1, 0.15) is 0 Å². The molecule has 86 valence electrons. The summed E-state index contributed by atoms with van der Waals surface area (Å²) in [5.41, 5.74) is 0.441. The van der Waals surface area contributed by atoms with E-state index in [2.05, 4.69) is 24.1 Å². The maximum atomic E-state index is 3.75. The van der Waals surface area contributed by atoms with E-state index in [4.69, 9.17) is 0 Å². The predicted molar refractivity (Wildman–Crippen MR) is 62.8 cm³/mol. The van der Waals surface area contributed by atoms with Gasteiger partial charge in [-0.25, -0.2) is 0 Å². The van der Waals surface area contributed by atoms with Crippen LogP contribution in [0.25, 0.3) is 0 Å². The maximum Gasteiger partial charge on any atom is 0.0309 e. The van der Waals surface area contributed by atoms with Gasteiger partial charge in [0, 0.05) is 31.7 Å². The Bertz CT molecular complexity index is 249. The van der Waals surface area contributed by atoms with Crippen molar-refractivity contribution in [3.05, 3.63) is 0 Å². The van der Waals surface area contributed by atoms with Gasteiger partial charge in [-0.1, -0.05) is 6.92 Å². The molecule has 3 aliphatic rings. The van der Waals surface area contributed by atoms with Crippen LogP contribution in [0.5, 0.6) is 0 Å². The standard InChI is InChI=1S/C13H24N2/c1-10-7-11(10)8-15-6-5-14-13(2,9-15)12-3-4-12/h10-12,14H,3-9H2,1-2H3. The first kappa shape index (κ1) is 10.1. The van der Waals surface area contributed by atoms with E-state index in [1.54, 1.807) is 0 Å². The van der Waals surface area contributed by atoms with Crippen molar-refractivity contribution in [1.29, 1.82) is 0 Å². The van der Waals surface area contributed by atoms with Crippen LogP contribution < -0.4 is 5.32 Å². The van der Waals surface area contributed by atoms with E-state index in [1.165, 1.54) is 45.4 Å². The van der Waals surface area contributed by atoms with Gasteiger partial charge in [-0.2, -0.15) is 0 Å². The largest absolute Gasteiger partial charge is 0.309 e. The highest BCUT2D eigenvalue weighted by Gasteiger charge is 2.45. The Balaban J connectivity index is 1.56. The second-order valence-electron chi connectivity index (χ2n) is 6.33. The first-order valence-corrected chi connectivity index (χ1v) is 6.65. The van der Waals surface area contributed by atoms with Crippen LogP contribution in [0.3, 0.4) is 0 Å². The van der Waals surface area contributed by atoms with Crippen LogP contribution in [0.2, 0.25) is 0 Å². The molecule has 3 fully saturated rings. The summed E-state index contributed by atoms with van der Waals surface area (Å²) in [4.78, 5) is 2.71. The molecule has 0 bridgehead atoms. The summed E-state index contributed by atoms with van der Waals surface area (Å²) in [6, 6.07) is 0. The van der Waals surface area contributed by atoms with E-state index in [0.717, 1.165) is 17.8 Å². The third-order valence-corrected chi connectivity index (χ3v) is 4.76. The second-order valence-corrected chi connectivity index (χ2v) is 6.33. The Kier molecular flexibility index (Phi) is 2.33. The van der Waals surface area contributed by atoms with Crippen molar-refractivity contribution in [3.8, 4) is 0 Å². The van der Waals surface area contributed by atoms with Crippen molar-refractivity contribution in [2.45, 2.75) is 38.6 Å². The number of rotatable bonds is 3. The maximum absolute atomic E-state index is 3.75. The molecule has 0 aromatic rings. The van der Waals surface area contributed by atoms with Crippen LogP contribution in [-0.2, 0) is 0 Å². The monoisotopic (exact) mass is 208 g/mol. The summed E-state index contributed by atoms with van der Waals surface area (Å²) in [5.74, 6) is 3.00. The fourth-order valence-electron chi connectivity index (χ4n) is 3.23. The minimum absolute atomic E-state index is 0.441. The van der Waals surface area contributed by atoms with E-state index >= 15 is 0 Å². The second kappa shape index (κ2) is 3.46. The highest BCUT2D eigenvalue weighted by molar-refractivity contribution is 5.02. The van der Waals surface area contributed by atoms with Crippen molar-refractivity contribution in [2.75, 3.05) is 26.2 Å². The summed E-state index contributed by atoms with van der Waals surface area (Å²) in [6.45, 7) is 9.96. The van der Waals surface area contributed by atoms with Crippen molar-refractivity contribution in [1.82, 2.24) is 10.2 Å². The lowest BCUT2D eigenvalue weighted by molar-refractivity contribution is 0.121. The first-order valence-electron chi connectivity index (χ1n) is 6.65. The van der Waals surface area contributed by atoms with Crippen molar-refractivity contribution < 1.29 is 0 Å². The van der Waals surface area contributed by atoms with Crippen LogP contribution in [0.4, 0.5) is 0 Å². The highest BCUT2D eigenvalue weighted by atomic mass is 15.2. The Morgan fingerprint density at radius 3 is 2.73 bits per heavy atom.